The zero-order valence-corrected chi connectivity index (χ0v) is 14.5. The largest absolute Gasteiger partial charge is 0.457 e. The topological polar surface area (TPSA) is 65.8 Å². The third kappa shape index (κ3) is 2.99. The van der Waals surface area contributed by atoms with Crippen molar-refractivity contribution in [2.45, 2.75) is 24.9 Å². The van der Waals surface area contributed by atoms with Crippen molar-refractivity contribution in [3.8, 4) is 17.2 Å². The van der Waals surface area contributed by atoms with Crippen LogP contribution in [0.5, 0.6) is 17.2 Å². The molecule has 27 heavy (non-hydrogen) atoms. The van der Waals surface area contributed by atoms with Gasteiger partial charge in [0.15, 0.2) is 11.4 Å². The number of nitrogens with zero attached hydrogens (tertiary/aromatic N) is 3. The van der Waals surface area contributed by atoms with Gasteiger partial charge in [-0.15, -0.1) is 0 Å². The first-order chi connectivity index (χ1) is 13.3. The lowest BCUT2D eigenvalue weighted by Gasteiger charge is -2.21. The second-order valence-electron chi connectivity index (χ2n) is 6.66. The van der Waals surface area contributed by atoms with E-state index in [4.69, 9.17) is 14.3 Å². The van der Waals surface area contributed by atoms with E-state index in [1.54, 1.807) is 12.4 Å². The molecule has 0 saturated heterocycles. The van der Waals surface area contributed by atoms with Gasteiger partial charge in [0.25, 0.3) is 0 Å². The van der Waals surface area contributed by atoms with E-state index in [0.29, 0.717) is 18.1 Å². The molecule has 1 aromatic heterocycles. The van der Waals surface area contributed by atoms with E-state index in [1.165, 1.54) is 11.9 Å². The zero-order chi connectivity index (χ0) is 18.1. The van der Waals surface area contributed by atoms with Gasteiger partial charge in [-0.05, 0) is 42.7 Å². The maximum Gasteiger partial charge on any atom is 0.235 e. The number of aryl methyl sites for hydroxylation is 1. The van der Waals surface area contributed by atoms with Crippen LogP contribution in [-0.4, -0.2) is 15.9 Å². The fourth-order valence-electron chi connectivity index (χ4n) is 3.64. The molecule has 0 radical (unpaired) electrons. The van der Waals surface area contributed by atoms with Crippen molar-refractivity contribution in [2.24, 2.45) is 5.16 Å². The molecule has 0 bridgehead atoms. The SMILES string of the molecule is c1ccc(Oc2ccc3c(c2)CC[C@]32CC(Oc3cncnc3)=NO2)cc1. The van der Waals surface area contributed by atoms with Gasteiger partial charge in [-0.25, -0.2) is 9.97 Å². The maximum absolute atomic E-state index is 5.95. The van der Waals surface area contributed by atoms with Gasteiger partial charge in [0.2, 0.25) is 5.90 Å². The molecule has 0 amide bonds. The summed E-state index contributed by atoms with van der Waals surface area (Å²) in [5.41, 5.74) is 1.92. The number of aromatic nitrogens is 2. The summed E-state index contributed by atoms with van der Waals surface area (Å²) in [7, 11) is 0. The Hall–Kier alpha value is -3.41. The number of rotatable bonds is 3. The molecule has 1 atom stereocenters. The average molecular weight is 359 g/mol. The van der Waals surface area contributed by atoms with E-state index in [-0.39, 0.29) is 0 Å². The minimum Gasteiger partial charge on any atom is -0.457 e. The third-order valence-corrected chi connectivity index (χ3v) is 4.88. The molecule has 0 fully saturated rings. The summed E-state index contributed by atoms with van der Waals surface area (Å²) in [5.74, 6) is 2.75. The summed E-state index contributed by atoms with van der Waals surface area (Å²) < 4.78 is 11.7. The lowest BCUT2D eigenvalue weighted by molar-refractivity contribution is -0.0215. The van der Waals surface area contributed by atoms with Crippen LogP contribution in [0.4, 0.5) is 0 Å². The molecule has 6 heteroatoms. The number of fused-ring (bicyclic) bond motifs is 2. The molecule has 3 aromatic rings. The standard InChI is InChI=1S/C21H17N3O3/c1-2-4-16(5-3-1)25-17-6-7-19-15(10-17)8-9-21(19)11-20(24-27-21)26-18-12-22-14-23-13-18/h1-7,10,12-14H,8-9,11H2/t21-/m0/s1. The highest BCUT2D eigenvalue weighted by Gasteiger charge is 2.47. The average Bonchev–Trinajstić information content (AvgIpc) is 3.28. The fourth-order valence-corrected chi connectivity index (χ4v) is 3.64. The molecule has 1 aliphatic heterocycles. The number of para-hydroxylation sites is 1. The summed E-state index contributed by atoms with van der Waals surface area (Å²) >= 11 is 0. The van der Waals surface area contributed by atoms with E-state index in [2.05, 4.69) is 27.3 Å². The molecule has 134 valence electrons. The summed E-state index contributed by atoms with van der Waals surface area (Å²) in [4.78, 5) is 13.8. The number of hydrogen-bond acceptors (Lipinski definition) is 6. The molecule has 5 rings (SSSR count). The smallest absolute Gasteiger partial charge is 0.235 e. The second kappa shape index (κ2) is 6.39. The predicted octanol–water partition coefficient (Wildman–Crippen LogP) is 4.22. The number of ether oxygens (including phenoxy) is 2. The van der Waals surface area contributed by atoms with E-state index in [0.717, 1.165) is 29.9 Å². The minimum absolute atomic E-state index is 0.453. The predicted molar refractivity (Wildman–Crippen MR) is 98.8 cm³/mol. The van der Waals surface area contributed by atoms with E-state index in [9.17, 15) is 0 Å². The summed E-state index contributed by atoms with van der Waals surface area (Å²) in [6.45, 7) is 0. The number of oxime groups is 1. The first-order valence-corrected chi connectivity index (χ1v) is 8.85. The maximum atomic E-state index is 5.95. The van der Waals surface area contributed by atoms with Crippen LogP contribution < -0.4 is 9.47 Å². The van der Waals surface area contributed by atoms with Gasteiger partial charge in [0, 0.05) is 5.56 Å². The van der Waals surface area contributed by atoms with E-state index < -0.39 is 5.60 Å². The Morgan fingerprint density at radius 1 is 0.889 bits per heavy atom. The van der Waals surface area contributed by atoms with Crippen molar-refractivity contribution < 1.29 is 14.3 Å². The van der Waals surface area contributed by atoms with Gasteiger partial charge in [-0.1, -0.05) is 29.4 Å². The van der Waals surface area contributed by atoms with Crippen molar-refractivity contribution in [3.05, 3.63) is 78.4 Å². The lowest BCUT2D eigenvalue weighted by Crippen LogP contribution is -2.24. The molecule has 0 N–H and O–H groups in total. The highest BCUT2D eigenvalue weighted by atomic mass is 16.7. The van der Waals surface area contributed by atoms with Crippen LogP contribution in [0, 0.1) is 0 Å². The van der Waals surface area contributed by atoms with Crippen LogP contribution in [0.3, 0.4) is 0 Å². The molecule has 1 aliphatic carbocycles. The summed E-state index contributed by atoms with van der Waals surface area (Å²) in [5, 5.41) is 4.16. The van der Waals surface area contributed by atoms with Crippen molar-refractivity contribution in [1.29, 1.82) is 0 Å². The van der Waals surface area contributed by atoms with Gasteiger partial charge < -0.3 is 14.3 Å². The first kappa shape index (κ1) is 15.8. The monoisotopic (exact) mass is 359 g/mol. The molecule has 1 spiro atoms. The molecule has 0 saturated carbocycles. The van der Waals surface area contributed by atoms with Gasteiger partial charge in [0.1, 0.15) is 17.8 Å². The molecule has 2 heterocycles. The normalized spacial score (nSPS) is 20.1. The summed E-state index contributed by atoms with van der Waals surface area (Å²) in [6, 6.07) is 15.9. The molecule has 2 aromatic carbocycles. The van der Waals surface area contributed by atoms with Crippen LogP contribution in [-0.2, 0) is 16.9 Å². The Labute approximate surface area is 156 Å². The van der Waals surface area contributed by atoms with Crippen molar-refractivity contribution in [3.63, 3.8) is 0 Å². The van der Waals surface area contributed by atoms with E-state index in [1.807, 2.05) is 36.4 Å². The minimum atomic E-state index is -0.453. The Balaban J connectivity index is 1.33. The first-order valence-electron chi connectivity index (χ1n) is 8.85. The molecule has 6 nitrogen and oxygen atoms in total. The second-order valence-corrected chi connectivity index (χ2v) is 6.66. The highest BCUT2D eigenvalue weighted by Crippen LogP contribution is 2.47. The van der Waals surface area contributed by atoms with Crippen LogP contribution in [0.15, 0.2) is 72.4 Å². The quantitative estimate of drug-likeness (QED) is 0.700. The number of hydrogen-bond donors (Lipinski definition) is 0. The Morgan fingerprint density at radius 3 is 2.59 bits per heavy atom. The third-order valence-electron chi connectivity index (χ3n) is 4.88. The van der Waals surface area contributed by atoms with Gasteiger partial charge in [-0.3, -0.25) is 0 Å². The van der Waals surface area contributed by atoms with Crippen LogP contribution >= 0.6 is 0 Å². The Morgan fingerprint density at radius 2 is 1.74 bits per heavy atom. The Kier molecular flexibility index (Phi) is 3.74. The van der Waals surface area contributed by atoms with Gasteiger partial charge >= 0.3 is 0 Å². The summed E-state index contributed by atoms with van der Waals surface area (Å²) in [6.07, 6.45) is 7.04. The fraction of sp³-hybridized carbons (Fsp3) is 0.190. The Bertz CT molecular complexity index is 992. The molecular weight excluding hydrogens is 342 g/mol. The van der Waals surface area contributed by atoms with Crippen molar-refractivity contribution in [1.82, 2.24) is 9.97 Å². The highest BCUT2D eigenvalue weighted by molar-refractivity contribution is 5.81. The van der Waals surface area contributed by atoms with Gasteiger partial charge in [0.05, 0.1) is 18.8 Å². The van der Waals surface area contributed by atoms with Crippen molar-refractivity contribution >= 4 is 5.90 Å². The molecule has 0 unspecified atom stereocenters. The van der Waals surface area contributed by atoms with Crippen LogP contribution in [0.1, 0.15) is 24.0 Å². The van der Waals surface area contributed by atoms with Gasteiger partial charge in [-0.2, -0.15) is 0 Å². The van der Waals surface area contributed by atoms with E-state index >= 15 is 0 Å². The van der Waals surface area contributed by atoms with Crippen molar-refractivity contribution in [2.75, 3.05) is 0 Å². The lowest BCUT2D eigenvalue weighted by atomic mass is 9.92. The molecule has 2 aliphatic rings. The van der Waals surface area contributed by atoms with Crippen LogP contribution in [0.25, 0.3) is 0 Å². The number of benzene rings is 2. The molecular formula is C21H17N3O3. The zero-order valence-electron chi connectivity index (χ0n) is 14.5. The van der Waals surface area contributed by atoms with Crippen LogP contribution in [0.2, 0.25) is 0 Å².